The van der Waals surface area contributed by atoms with Gasteiger partial charge in [0.25, 0.3) is 11.5 Å². The van der Waals surface area contributed by atoms with Crippen molar-refractivity contribution in [3.63, 3.8) is 0 Å². The minimum atomic E-state index is -0.264. The van der Waals surface area contributed by atoms with Crippen LogP contribution in [0.1, 0.15) is 28.9 Å². The highest BCUT2D eigenvalue weighted by atomic mass is 16.2. The highest BCUT2D eigenvalue weighted by Crippen LogP contribution is 2.24. The van der Waals surface area contributed by atoms with Crippen LogP contribution in [0.25, 0.3) is 10.8 Å². The van der Waals surface area contributed by atoms with Gasteiger partial charge in [-0.05, 0) is 37.5 Å². The number of aromatic amines is 1. The summed E-state index contributed by atoms with van der Waals surface area (Å²) in [5, 5.41) is 7.74. The number of hydrogen-bond donors (Lipinski definition) is 1. The maximum Gasteiger partial charge on any atom is 0.274 e. The Bertz CT molecular complexity index is 1180. The monoisotopic (exact) mass is 431 g/mol. The summed E-state index contributed by atoms with van der Waals surface area (Å²) in [4.78, 5) is 32.3. The van der Waals surface area contributed by atoms with E-state index in [2.05, 4.69) is 51.2 Å². The van der Waals surface area contributed by atoms with Gasteiger partial charge in [-0.15, -0.1) is 0 Å². The number of H-pyrrole nitrogens is 1. The number of aryl methyl sites for hydroxylation is 1. The van der Waals surface area contributed by atoms with Crippen molar-refractivity contribution < 1.29 is 4.79 Å². The molecule has 1 atom stereocenters. The highest BCUT2D eigenvalue weighted by molar-refractivity contribution is 6.04. The molecular weight excluding hydrogens is 402 g/mol. The molecule has 0 unspecified atom stereocenters. The molecule has 2 saturated heterocycles. The summed E-state index contributed by atoms with van der Waals surface area (Å²) >= 11 is 0. The van der Waals surface area contributed by atoms with E-state index >= 15 is 0 Å². The molecule has 2 aromatic carbocycles. The zero-order valence-corrected chi connectivity index (χ0v) is 18.5. The fourth-order valence-electron chi connectivity index (χ4n) is 5.11. The van der Waals surface area contributed by atoms with Crippen molar-refractivity contribution in [2.75, 3.05) is 44.2 Å². The smallest absolute Gasteiger partial charge is 0.274 e. The summed E-state index contributed by atoms with van der Waals surface area (Å²) < 4.78 is 0. The van der Waals surface area contributed by atoms with Crippen LogP contribution >= 0.6 is 0 Å². The fraction of sp³-hybridized carbons (Fsp3) is 0.400. The molecule has 2 aliphatic rings. The number of hydrogen-bond acceptors (Lipinski definition) is 5. The van der Waals surface area contributed by atoms with E-state index in [1.165, 1.54) is 11.3 Å². The first-order chi connectivity index (χ1) is 15.6. The van der Waals surface area contributed by atoms with Crippen molar-refractivity contribution in [2.24, 2.45) is 0 Å². The standard InChI is InChI=1S/C25H29N5O2/c1-18-7-2-5-11-22(18)29-15-13-28(14-16-29)19-8-6-12-30(17-19)25(32)23-20-9-3-4-10-21(20)24(31)27-26-23/h2-5,7,9-11,19H,6,8,12-17H2,1H3,(H,27,31)/t19-/m0/s1. The maximum atomic E-state index is 13.3. The third-order valence-electron chi connectivity index (χ3n) is 6.87. The van der Waals surface area contributed by atoms with E-state index < -0.39 is 0 Å². The Morgan fingerprint density at radius 2 is 1.69 bits per heavy atom. The van der Waals surface area contributed by atoms with Gasteiger partial charge in [-0.2, -0.15) is 5.10 Å². The molecule has 0 bridgehead atoms. The first-order valence-electron chi connectivity index (χ1n) is 11.4. The molecule has 5 rings (SSSR count). The predicted molar refractivity (Wildman–Crippen MR) is 126 cm³/mol. The number of benzene rings is 2. The molecule has 0 spiro atoms. The average Bonchev–Trinajstić information content (AvgIpc) is 2.85. The molecule has 3 aromatic rings. The third kappa shape index (κ3) is 3.88. The number of nitrogens with zero attached hydrogens (tertiary/aromatic N) is 4. The van der Waals surface area contributed by atoms with E-state index in [0.29, 0.717) is 29.1 Å². The number of carbonyl (C=O) groups is 1. The normalized spacial score (nSPS) is 20.0. The Hall–Kier alpha value is -3.19. The van der Waals surface area contributed by atoms with E-state index in [1.807, 2.05) is 11.0 Å². The first-order valence-corrected chi connectivity index (χ1v) is 11.4. The van der Waals surface area contributed by atoms with Gasteiger partial charge in [-0.3, -0.25) is 14.5 Å². The Balaban J connectivity index is 1.28. The molecule has 2 aliphatic heterocycles. The Morgan fingerprint density at radius 3 is 2.47 bits per heavy atom. The Labute approximate surface area is 187 Å². The topological polar surface area (TPSA) is 72.5 Å². The minimum absolute atomic E-state index is 0.0966. The van der Waals surface area contributed by atoms with Gasteiger partial charge in [0.05, 0.1) is 5.39 Å². The summed E-state index contributed by atoms with van der Waals surface area (Å²) in [6.45, 7) is 7.61. The molecule has 0 saturated carbocycles. The SMILES string of the molecule is Cc1ccccc1N1CCN([C@H]2CCCN(C(=O)c3n[nH]c(=O)c4ccccc34)C2)CC1. The minimum Gasteiger partial charge on any atom is -0.369 e. The number of fused-ring (bicyclic) bond motifs is 1. The van der Waals surface area contributed by atoms with Crippen LogP contribution < -0.4 is 10.5 Å². The summed E-state index contributed by atoms with van der Waals surface area (Å²) in [5.41, 5.74) is 2.71. The lowest BCUT2D eigenvalue weighted by Crippen LogP contribution is -2.56. The van der Waals surface area contributed by atoms with E-state index in [1.54, 1.807) is 18.2 Å². The number of piperazine rings is 1. The number of anilines is 1. The second-order valence-corrected chi connectivity index (χ2v) is 8.80. The summed E-state index contributed by atoms with van der Waals surface area (Å²) in [5.74, 6) is -0.0966. The molecule has 1 aromatic heterocycles. The molecule has 7 heteroatoms. The van der Waals surface area contributed by atoms with Crippen molar-refractivity contribution in [3.8, 4) is 0 Å². The maximum absolute atomic E-state index is 13.3. The van der Waals surface area contributed by atoms with Crippen LogP contribution in [0.15, 0.2) is 53.3 Å². The van der Waals surface area contributed by atoms with Gasteiger partial charge in [0, 0.05) is 56.4 Å². The van der Waals surface area contributed by atoms with Crippen LogP contribution in [0.3, 0.4) is 0 Å². The number of nitrogens with one attached hydrogen (secondary N) is 1. The molecule has 0 radical (unpaired) electrons. The number of likely N-dealkylation sites (tertiary alicyclic amines) is 1. The van der Waals surface area contributed by atoms with Crippen molar-refractivity contribution >= 4 is 22.4 Å². The zero-order chi connectivity index (χ0) is 22.1. The van der Waals surface area contributed by atoms with Crippen LogP contribution in [-0.4, -0.2) is 71.2 Å². The Kier molecular flexibility index (Phi) is 5.66. The lowest BCUT2D eigenvalue weighted by molar-refractivity contribution is 0.0559. The molecule has 0 aliphatic carbocycles. The van der Waals surface area contributed by atoms with Gasteiger partial charge < -0.3 is 9.80 Å². The zero-order valence-electron chi connectivity index (χ0n) is 18.5. The van der Waals surface area contributed by atoms with Gasteiger partial charge in [0.15, 0.2) is 5.69 Å². The van der Waals surface area contributed by atoms with Crippen LogP contribution in [0, 0.1) is 6.92 Å². The predicted octanol–water partition coefficient (Wildman–Crippen LogP) is 2.66. The quantitative estimate of drug-likeness (QED) is 0.690. The van der Waals surface area contributed by atoms with Crippen LogP contribution in [0.5, 0.6) is 0 Å². The molecule has 1 amide bonds. The summed E-state index contributed by atoms with van der Waals surface area (Å²) in [6.07, 6.45) is 2.09. The van der Waals surface area contributed by atoms with Crippen LogP contribution in [0.4, 0.5) is 5.69 Å². The molecule has 7 nitrogen and oxygen atoms in total. The van der Waals surface area contributed by atoms with Crippen LogP contribution in [-0.2, 0) is 0 Å². The second kappa shape index (κ2) is 8.74. The van der Waals surface area contributed by atoms with Gasteiger partial charge >= 0.3 is 0 Å². The number of rotatable bonds is 3. The van der Waals surface area contributed by atoms with Gasteiger partial charge in [-0.25, -0.2) is 5.10 Å². The van der Waals surface area contributed by atoms with Crippen molar-refractivity contribution in [3.05, 3.63) is 70.1 Å². The molecule has 2 fully saturated rings. The molecule has 3 heterocycles. The van der Waals surface area contributed by atoms with Gasteiger partial charge in [-0.1, -0.05) is 36.4 Å². The van der Waals surface area contributed by atoms with E-state index in [4.69, 9.17) is 0 Å². The molecule has 166 valence electrons. The van der Waals surface area contributed by atoms with Crippen LogP contribution in [0.2, 0.25) is 0 Å². The average molecular weight is 432 g/mol. The lowest BCUT2D eigenvalue weighted by Gasteiger charge is -2.44. The van der Waals surface area contributed by atoms with E-state index in [-0.39, 0.29) is 11.5 Å². The highest BCUT2D eigenvalue weighted by Gasteiger charge is 2.31. The summed E-state index contributed by atoms with van der Waals surface area (Å²) in [7, 11) is 0. The van der Waals surface area contributed by atoms with Crippen molar-refractivity contribution in [1.29, 1.82) is 0 Å². The third-order valence-corrected chi connectivity index (χ3v) is 6.87. The summed E-state index contributed by atoms with van der Waals surface area (Å²) in [6, 6.07) is 16.1. The van der Waals surface area contributed by atoms with E-state index in [0.717, 1.165) is 45.6 Å². The van der Waals surface area contributed by atoms with Crippen molar-refractivity contribution in [2.45, 2.75) is 25.8 Å². The van der Waals surface area contributed by atoms with Gasteiger partial charge in [0.2, 0.25) is 0 Å². The fourth-order valence-corrected chi connectivity index (χ4v) is 5.11. The number of aromatic nitrogens is 2. The van der Waals surface area contributed by atoms with Gasteiger partial charge in [0.1, 0.15) is 0 Å². The Morgan fingerprint density at radius 1 is 0.969 bits per heavy atom. The number of para-hydroxylation sites is 1. The first kappa shape index (κ1) is 20.7. The van der Waals surface area contributed by atoms with E-state index in [9.17, 15) is 9.59 Å². The second-order valence-electron chi connectivity index (χ2n) is 8.80. The number of carbonyl (C=O) groups excluding carboxylic acids is 1. The number of amides is 1. The largest absolute Gasteiger partial charge is 0.369 e. The molecule has 32 heavy (non-hydrogen) atoms. The lowest BCUT2D eigenvalue weighted by atomic mass is 10.0. The number of piperidine rings is 1. The van der Waals surface area contributed by atoms with Crippen molar-refractivity contribution in [1.82, 2.24) is 20.0 Å². The molecular formula is C25H29N5O2. The molecule has 1 N–H and O–H groups in total.